The van der Waals surface area contributed by atoms with E-state index in [1.807, 2.05) is 26.8 Å². The van der Waals surface area contributed by atoms with Gasteiger partial charge in [0.2, 0.25) is 0 Å². The summed E-state index contributed by atoms with van der Waals surface area (Å²) in [6.45, 7) is 10.0. The standard InChI is InChI=1S/C16H17N3O2S2/c1-5-6-19-15(20)13-10(3)11(4)23-14(13)17-16(19)22-8-12-7-9(2)21-18-12/h5,7H,1,6,8H2,2-4H3. The number of fused-ring (bicyclic) bond motifs is 1. The van der Waals surface area contributed by atoms with E-state index in [-0.39, 0.29) is 5.56 Å². The molecule has 0 atom stereocenters. The van der Waals surface area contributed by atoms with Crippen molar-refractivity contribution in [1.29, 1.82) is 0 Å². The van der Waals surface area contributed by atoms with Crippen molar-refractivity contribution in [1.82, 2.24) is 14.7 Å². The Bertz CT molecular complexity index is 937. The Hall–Kier alpha value is -1.86. The number of aryl methyl sites for hydroxylation is 3. The second-order valence-corrected chi connectivity index (χ2v) is 7.43. The summed E-state index contributed by atoms with van der Waals surface area (Å²) in [6, 6.07) is 1.89. The minimum Gasteiger partial charge on any atom is -0.361 e. The predicted molar refractivity (Wildman–Crippen MR) is 94.4 cm³/mol. The summed E-state index contributed by atoms with van der Waals surface area (Å²) in [7, 11) is 0. The van der Waals surface area contributed by atoms with Gasteiger partial charge in [0.1, 0.15) is 10.6 Å². The summed E-state index contributed by atoms with van der Waals surface area (Å²) >= 11 is 3.05. The Morgan fingerprint density at radius 1 is 1.43 bits per heavy atom. The first-order valence-corrected chi connectivity index (χ1v) is 8.98. The number of aromatic nitrogens is 3. The summed E-state index contributed by atoms with van der Waals surface area (Å²) in [4.78, 5) is 19.4. The van der Waals surface area contributed by atoms with Crippen LogP contribution in [0, 0.1) is 20.8 Å². The van der Waals surface area contributed by atoms with E-state index in [9.17, 15) is 4.79 Å². The highest BCUT2D eigenvalue weighted by molar-refractivity contribution is 7.98. The van der Waals surface area contributed by atoms with E-state index < -0.39 is 0 Å². The van der Waals surface area contributed by atoms with Gasteiger partial charge in [-0.25, -0.2) is 4.98 Å². The van der Waals surface area contributed by atoms with Gasteiger partial charge >= 0.3 is 0 Å². The molecule has 0 spiro atoms. The van der Waals surface area contributed by atoms with Crippen molar-refractivity contribution in [2.75, 3.05) is 0 Å². The fourth-order valence-electron chi connectivity index (χ4n) is 2.33. The average Bonchev–Trinajstić information content (AvgIpc) is 3.04. The zero-order chi connectivity index (χ0) is 16.6. The molecule has 0 fully saturated rings. The maximum Gasteiger partial charge on any atom is 0.263 e. The van der Waals surface area contributed by atoms with Gasteiger partial charge in [0, 0.05) is 23.2 Å². The minimum atomic E-state index is -0.00409. The van der Waals surface area contributed by atoms with Crippen LogP contribution in [-0.2, 0) is 12.3 Å². The molecule has 0 aromatic carbocycles. The molecule has 0 bridgehead atoms. The van der Waals surface area contributed by atoms with Crippen LogP contribution in [-0.4, -0.2) is 14.7 Å². The molecule has 5 nitrogen and oxygen atoms in total. The Kier molecular flexibility index (Phi) is 4.41. The summed E-state index contributed by atoms with van der Waals surface area (Å²) in [6.07, 6.45) is 1.72. The lowest BCUT2D eigenvalue weighted by molar-refractivity contribution is 0.393. The lowest BCUT2D eigenvalue weighted by Gasteiger charge is -2.09. The molecule has 0 aliphatic heterocycles. The number of thioether (sulfide) groups is 1. The Balaban J connectivity index is 2.05. The maximum absolute atomic E-state index is 12.8. The van der Waals surface area contributed by atoms with Crippen LogP contribution in [0.5, 0.6) is 0 Å². The van der Waals surface area contributed by atoms with E-state index in [0.717, 1.165) is 32.1 Å². The predicted octanol–water partition coefficient (Wildman–Crippen LogP) is 3.85. The molecule has 23 heavy (non-hydrogen) atoms. The van der Waals surface area contributed by atoms with Gasteiger partial charge in [-0.05, 0) is 26.3 Å². The molecule has 0 unspecified atom stereocenters. The van der Waals surface area contributed by atoms with E-state index in [4.69, 9.17) is 9.51 Å². The molecule has 3 aromatic heterocycles. The molecule has 0 saturated carbocycles. The SMILES string of the molecule is C=CCn1c(SCc2cc(C)on2)nc2sc(C)c(C)c2c1=O. The minimum absolute atomic E-state index is 0.00409. The van der Waals surface area contributed by atoms with Crippen molar-refractivity contribution in [2.24, 2.45) is 0 Å². The summed E-state index contributed by atoms with van der Waals surface area (Å²) < 4.78 is 6.75. The van der Waals surface area contributed by atoms with Crippen LogP contribution in [0.3, 0.4) is 0 Å². The molecule has 0 aliphatic carbocycles. The van der Waals surface area contributed by atoms with Gasteiger partial charge in [0.05, 0.1) is 11.1 Å². The molecule has 0 N–H and O–H groups in total. The highest BCUT2D eigenvalue weighted by Crippen LogP contribution is 2.29. The highest BCUT2D eigenvalue weighted by atomic mass is 32.2. The molecule has 3 heterocycles. The van der Waals surface area contributed by atoms with Crippen molar-refractivity contribution in [3.8, 4) is 0 Å². The zero-order valence-corrected chi connectivity index (χ0v) is 14.9. The number of allylic oxidation sites excluding steroid dienone is 1. The molecule has 0 amide bonds. The third-order valence-corrected chi connectivity index (χ3v) is 5.70. The van der Waals surface area contributed by atoms with Gasteiger partial charge in [-0.3, -0.25) is 9.36 Å². The fraction of sp³-hybridized carbons (Fsp3) is 0.312. The van der Waals surface area contributed by atoms with Crippen molar-refractivity contribution in [3.05, 3.63) is 51.0 Å². The molecule has 0 radical (unpaired) electrons. The number of rotatable bonds is 5. The Morgan fingerprint density at radius 2 is 2.22 bits per heavy atom. The second-order valence-electron chi connectivity index (χ2n) is 5.28. The van der Waals surface area contributed by atoms with Crippen LogP contribution in [0.2, 0.25) is 0 Å². The van der Waals surface area contributed by atoms with Crippen molar-refractivity contribution in [3.63, 3.8) is 0 Å². The molecule has 120 valence electrons. The third-order valence-electron chi connectivity index (χ3n) is 3.59. The first-order valence-electron chi connectivity index (χ1n) is 7.17. The quantitative estimate of drug-likeness (QED) is 0.398. The van der Waals surface area contributed by atoms with Gasteiger partial charge < -0.3 is 4.52 Å². The van der Waals surface area contributed by atoms with Crippen LogP contribution >= 0.6 is 23.1 Å². The van der Waals surface area contributed by atoms with Crippen molar-refractivity contribution < 1.29 is 4.52 Å². The number of thiophene rings is 1. The Labute approximate surface area is 142 Å². The van der Waals surface area contributed by atoms with Crippen LogP contribution in [0.15, 0.2) is 33.2 Å². The normalized spacial score (nSPS) is 11.3. The third kappa shape index (κ3) is 2.98. The molecular formula is C16H17N3O2S2. The molecular weight excluding hydrogens is 330 g/mol. The maximum atomic E-state index is 12.8. The molecule has 7 heteroatoms. The van der Waals surface area contributed by atoms with E-state index in [1.165, 1.54) is 11.8 Å². The Morgan fingerprint density at radius 3 is 2.87 bits per heavy atom. The van der Waals surface area contributed by atoms with Crippen LogP contribution in [0.1, 0.15) is 21.9 Å². The largest absolute Gasteiger partial charge is 0.361 e. The number of hydrogen-bond donors (Lipinski definition) is 0. The summed E-state index contributed by atoms with van der Waals surface area (Å²) in [5.74, 6) is 1.38. The second kappa shape index (κ2) is 6.33. The van der Waals surface area contributed by atoms with Gasteiger partial charge in [-0.15, -0.1) is 17.9 Å². The highest BCUT2D eigenvalue weighted by Gasteiger charge is 2.16. The lowest BCUT2D eigenvalue weighted by atomic mass is 10.2. The first kappa shape index (κ1) is 16.0. The van der Waals surface area contributed by atoms with Crippen LogP contribution < -0.4 is 5.56 Å². The smallest absolute Gasteiger partial charge is 0.263 e. The number of nitrogens with zero attached hydrogens (tertiary/aromatic N) is 3. The lowest BCUT2D eigenvalue weighted by Crippen LogP contribution is -2.22. The first-order chi connectivity index (χ1) is 11.0. The van der Waals surface area contributed by atoms with Crippen molar-refractivity contribution >= 4 is 33.3 Å². The zero-order valence-electron chi connectivity index (χ0n) is 13.3. The molecule has 0 aliphatic rings. The average molecular weight is 347 g/mol. The van der Waals surface area contributed by atoms with Crippen LogP contribution in [0.4, 0.5) is 0 Å². The molecule has 0 saturated heterocycles. The molecule has 3 rings (SSSR count). The van der Waals surface area contributed by atoms with Gasteiger partial charge in [0.25, 0.3) is 5.56 Å². The van der Waals surface area contributed by atoms with Gasteiger partial charge in [-0.1, -0.05) is 23.0 Å². The van der Waals surface area contributed by atoms with Gasteiger partial charge in [0.15, 0.2) is 5.16 Å². The monoisotopic (exact) mass is 347 g/mol. The van der Waals surface area contributed by atoms with E-state index in [2.05, 4.69) is 11.7 Å². The molecule has 3 aromatic rings. The van der Waals surface area contributed by atoms with E-state index >= 15 is 0 Å². The number of hydrogen-bond acceptors (Lipinski definition) is 6. The van der Waals surface area contributed by atoms with Crippen molar-refractivity contribution in [2.45, 2.75) is 38.2 Å². The summed E-state index contributed by atoms with van der Waals surface area (Å²) in [5.41, 5.74) is 1.85. The summed E-state index contributed by atoms with van der Waals surface area (Å²) in [5, 5.41) is 5.38. The van der Waals surface area contributed by atoms with Gasteiger partial charge in [-0.2, -0.15) is 0 Å². The van der Waals surface area contributed by atoms with E-state index in [1.54, 1.807) is 22.0 Å². The van der Waals surface area contributed by atoms with Crippen LogP contribution in [0.25, 0.3) is 10.2 Å². The topological polar surface area (TPSA) is 60.9 Å². The van der Waals surface area contributed by atoms with E-state index in [0.29, 0.717) is 17.5 Å². The fourth-order valence-corrected chi connectivity index (χ4v) is 4.29.